The number of halogens is 1. The van der Waals surface area contributed by atoms with Crippen LogP contribution in [0.1, 0.15) is 24.2 Å². The number of carbonyl (C=O) groups excluding carboxylic acids is 2. The number of rotatable bonds is 4. The average Bonchev–Trinajstić information content (AvgIpc) is 2.32. The second-order valence-corrected chi connectivity index (χ2v) is 4.52. The third-order valence-electron chi connectivity index (χ3n) is 2.18. The van der Waals surface area contributed by atoms with Gasteiger partial charge in [-0.05, 0) is 32.0 Å². The molecule has 18 heavy (non-hydrogen) atoms. The van der Waals surface area contributed by atoms with E-state index < -0.39 is 12.1 Å². The van der Waals surface area contributed by atoms with E-state index in [1.165, 1.54) is 19.1 Å². The van der Waals surface area contributed by atoms with Crippen molar-refractivity contribution in [3.8, 4) is 5.75 Å². The summed E-state index contributed by atoms with van der Waals surface area (Å²) in [4.78, 5) is 23.2. The number of phenolic OH excluding ortho intramolecular Hbond substituents is 1. The molecule has 6 heteroatoms. The fourth-order valence-electron chi connectivity index (χ4n) is 1.27. The van der Waals surface area contributed by atoms with Crippen molar-refractivity contribution in [2.75, 3.05) is 6.54 Å². The summed E-state index contributed by atoms with van der Waals surface area (Å²) < 4.78 is 5.59. The molecule has 1 rings (SSSR count). The molecule has 0 aromatic heterocycles. The van der Waals surface area contributed by atoms with Crippen molar-refractivity contribution < 1.29 is 19.4 Å². The van der Waals surface area contributed by atoms with Crippen LogP contribution in [-0.4, -0.2) is 29.6 Å². The Morgan fingerprint density at radius 2 is 2.17 bits per heavy atom. The first-order chi connectivity index (χ1) is 8.45. The molecule has 5 nitrogen and oxygen atoms in total. The van der Waals surface area contributed by atoms with Gasteiger partial charge < -0.3 is 15.2 Å². The SMILES string of the molecule is CCNC(=O)[C@H](C)OC(=O)c1cc(Br)ccc1O. The molecule has 0 bridgehead atoms. The highest BCUT2D eigenvalue weighted by Gasteiger charge is 2.20. The number of aromatic hydroxyl groups is 1. The zero-order chi connectivity index (χ0) is 13.7. The molecular formula is C12H14BrNO4. The van der Waals surface area contributed by atoms with Crippen molar-refractivity contribution >= 4 is 27.8 Å². The standard InChI is InChI=1S/C12H14BrNO4/c1-3-14-11(16)7(2)18-12(17)9-6-8(13)4-5-10(9)15/h4-7,15H,3H2,1-2H3,(H,14,16)/t7-/m0/s1. The summed E-state index contributed by atoms with van der Waals surface area (Å²) in [6, 6.07) is 4.40. The highest BCUT2D eigenvalue weighted by molar-refractivity contribution is 9.10. The quantitative estimate of drug-likeness (QED) is 0.831. The molecule has 0 saturated heterocycles. The number of phenols is 1. The Hall–Kier alpha value is -1.56. The third-order valence-corrected chi connectivity index (χ3v) is 2.68. The van der Waals surface area contributed by atoms with E-state index in [2.05, 4.69) is 21.2 Å². The summed E-state index contributed by atoms with van der Waals surface area (Å²) >= 11 is 3.19. The summed E-state index contributed by atoms with van der Waals surface area (Å²) in [6.45, 7) is 3.70. The van der Waals surface area contributed by atoms with Gasteiger partial charge in [0.25, 0.3) is 5.91 Å². The molecule has 0 aliphatic heterocycles. The highest BCUT2D eigenvalue weighted by Crippen LogP contribution is 2.22. The molecule has 0 spiro atoms. The van der Waals surface area contributed by atoms with Crippen molar-refractivity contribution in [2.24, 2.45) is 0 Å². The lowest BCUT2D eigenvalue weighted by molar-refractivity contribution is -0.128. The maximum absolute atomic E-state index is 11.8. The van der Waals surface area contributed by atoms with Crippen molar-refractivity contribution in [1.29, 1.82) is 0 Å². The summed E-state index contributed by atoms with van der Waals surface area (Å²) in [5.41, 5.74) is 0.0144. The second-order valence-electron chi connectivity index (χ2n) is 3.60. The minimum Gasteiger partial charge on any atom is -0.507 e. The van der Waals surface area contributed by atoms with E-state index >= 15 is 0 Å². The number of likely N-dealkylation sites (N-methyl/N-ethyl adjacent to an activating group) is 1. The van der Waals surface area contributed by atoms with Gasteiger partial charge in [-0.2, -0.15) is 0 Å². The van der Waals surface area contributed by atoms with Crippen LogP contribution in [0.25, 0.3) is 0 Å². The first-order valence-electron chi connectivity index (χ1n) is 5.43. The third kappa shape index (κ3) is 3.73. The molecule has 0 saturated carbocycles. The van der Waals surface area contributed by atoms with Gasteiger partial charge in [0.15, 0.2) is 6.10 Å². The van der Waals surface area contributed by atoms with Crippen LogP contribution in [0.4, 0.5) is 0 Å². The normalized spacial score (nSPS) is 11.7. The Morgan fingerprint density at radius 3 is 2.78 bits per heavy atom. The summed E-state index contributed by atoms with van der Waals surface area (Å²) in [5, 5.41) is 12.1. The van der Waals surface area contributed by atoms with Gasteiger partial charge in [0.05, 0.1) is 0 Å². The van der Waals surface area contributed by atoms with Gasteiger partial charge in [-0.3, -0.25) is 4.79 Å². The monoisotopic (exact) mass is 315 g/mol. The molecule has 1 amide bonds. The van der Waals surface area contributed by atoms with Crippen molar-refractivity contribution in [3.05, 3.63) is 28.2 Å². The first-order valence-corrected chi connectivity index (χ1v) is 6.22. The second kappa shape index (κ2) is 6.39. The number of hydrogen-bond donors (Lipinski definition) is 2. The van der Waals surface area contributed by atoms with Crippen LogP contribution in [0.2, 0.25) is 0 Å². The molecule has 1 aromatic carbocycles. The molecule has 2 N–H and O–H groups in total. The number of nitrogens with one attached hydrogen (secondary N) is 1. The molecule has 0 fully saturated rings. The van der Waals surface area contributed by atoms with Crippen LogP contribution in [-0.2, 0) is 9.53 Å². The van der Waals surface area contributed by atoms with Crippen molar-refractivity contribution in [1.82, 2.24) is 5.32 Å². The summed E-state index contributed by atoms with van der Waals surface area (Å²) in [6.07, 6.45) is -0.907. The van der Waals surface area contributed by atoms with Crippen LogP contribution in [0.3, 0.4) is 0 Å². The number of carbonyl (C=O) groups is 2. The van der Waals surface area contributed by atoms with E-state index in [0.717, 1.165) is 0 Å². The van der Waals surface area contributed by atoms with Crippen LogP contribution in [0, 0.1) is 0 Å². The van der Waals surface area contributed by atoms with Gasteiger partial charge in [-0.15, -0.1) is 0 Å². The largest absolute Gasteiger partial charge is 0.507 e. The van der Waals surface area contributed by atoms with E-state index in [4.69, 9.17) is 4.74 Å². The summed E-state index contributed by atoms with van der Waals surface area (Å²) in [7, 11) is 0. The van der Waals surface area contributed by atoms with Gasteiger partial charge in [0.2, 0.25) is 0 Å². The molecule has 0 aliphatic rings. The Labute approximate surface area is 113 Å². The topological polar surface area (TPSA) is 75.6 Å². The van der Waals surface area contributed by atoms with Gasteiger partial charge in [0.1, 0.15) is 11.3 Å². The van der Waals surface area contributed by atoms with Crippen LogP contribution >= 0.6 is 15.9 Å². The number of hydrogen-bond acceptors (Lipinski definition) is 4. The van der Waals surface area contributed by atoms with E-state index in [1.54, 1.807) is 13.0 Å². The molecular weight excluding hydrogens is 302 g/mol. The van der Waals surface area contributed by atoms with Crippen molar-refractivity contribution in [3.63, 3.8) is 0 Å². The van der Waals surface area contributed by atoms with E-state index in [9.17, 15) is 14.7 Å². The minimum atomic E-state index is -0.907. The lowest BCUT2D eigenvalue weighted by atomic mass is 10.2. The van der Waals surface area contributed by atoms with Crippen LogP contribution in [0.5, 0.6) is 5.75 Å². The van der Waals surface area contributed by atoms with Gasteiger partial charge in [-0.1, -0.05) is 15.9 Å². The molecule has 0 heterocycles. The predicted molar refractivity (Wildman–Crippen MR) is 69.4 cm³/mol. The van der Waals surface area contributed by atoms with E-state index in [0.29, 0.717) is 11.0 Å². The number of amides is 1. The highest BCUT2D eigenvalue weighted by atomic mass is 79.9. The first kappa shape index (κ1) is 14.5. The fourth-order valence-corrected chi connectivity index (χ4v) is 1.63. The number of benzene rings is 1. The lowest BCUT2D eigenvalue weighted by Gasteiger charge is -2.13. The van der Waals surface area contributed by atoms with Crippen LogP contribution in [0.15, 0.2) is 22.7 Å². The van der Waals surface area contributed by atoms with E-state index in [1.807, 2.05) is 0 Å². The number of ether oxygens (including phenoxy) is 1. The van der Waals surface area contributed by atoms with Gasteiger partial charge >= 0.3 is 5.97 Å². The molecule has 98 valence electrons. The van der Waals surface area contributed by atoms with Crippen molar-refractivity contribution in [2.45, 2.75) is 20.0 Å². The Balaban J connectivity index is 2.76. The lowest BCUT2D eigenvalue weighted by Crippen LogP contribution is -2.35. The maximum atomic E-state index is 11.8. The Morgan fingerprint density at radius 1 is 1.50 bits per heavy atom. The Bertz CT molecular complexity index is 461. The molecule has 1 aromatic rings. The minimum absolute atomic E-state index is 0.0144. The Kier molecular flexibility index (Phi) is 5.15. The smallest absolute Gasteiger partial charge is 0.342 e. The maximum Gasteiger partial charge on any atom is 0.342 e. The van der Waals surface area contributed by atoms with Gasteiger partial charge in [0, 0.05) is 11.0 Å². The number of esters is 1. The zero-order valence-corrected chi connectivity index (χ0v) is 11.7. The molecule has 0 aliphatic carbocycles. The average molecular weight is 316 g/mol. The van der Waals surface area contributed by atoms with E-state index in [-0.39, 0.29) is 17.2 Å². The predicted octanol–water partition coefficient (Wildman–Crippen LogP) is 1.84. The fraction of sp³-hybridized carbons (Fsp3) is 0.333. The molecule has 0 radical (unpaired) electrons. The van der Waals surface area contributed by atoms with Crippen LogP contribution < -0.4 is 5.32 Å². The molecule has 1 atom stereocenters. The molecule has 0 unspecified atom stereocenters. The summed E-state index contributed by atoms with van der Waals surface area (Å²) in [5.74, 6) is -1.31. The zero-order valence-electron chi connectivity index (χ0n) is 10.1. The van der Waals surface area contributed by atoms with Gasteiger partial charge in [-0.25, -0.2) is 4.79 Å².